The molecule has 0 radical (unpaired) electrons. The first-order valence-electron chi connectivity index (χ1n) is 11.3. The Labute approximate surface area is 185 Å². The van der Waals surface area contributed by atoms with Crippen LogP contribution in [0.25, 0.3) is 0 Å². The third kappa shape index (κ3) is 4.37. The number of rotatable bonds is 6. The molecule has 0 N–H and O–H groups in total. The molecule has 2 aliphatic rings. The van der Waals surface area contributed by atoms with E-state index in [0.717, 1.165) is 53.9 Å². The van der Waals surface area contributed by atoms with Crippen molar-refractivity contribution in [1.29, 1.82) is 0 Å². The number of carbonyl (C=O) groups is 1. The molecule has 2 aromatic rings. The van der Waals surface area contributed by atoms with E-state index in [1.807, 2.05) is 24.3 Å². The van der Waals surface area contributed by atoms with Crippen LogP contribution in [0.3, 0.4) is 0 Å². The van der Waals surface area contributed by atoms with E-state index in [1.165, 1.54) is 24.0 Å². The summed E-state index contributed by atoms with van der Waals surface area (Å²) < 4.78 is 6.32. The molecular formula is C26H32ClNO2. The summed E-state index contributed by atoms with van der Waals surface area (Å²) in [5, 5.41) is 0.797. The lowest BCUT2D eigenvalue weighted by Gasteiger charge is -2.39. The zero-order valence-corrected chi connectivity index (χ0v) is 19.0. The van der Waals surface area contributed by atoms with Gasteiger partial charge in [0.05, 0.1) is 12.3 Å². The van der Waals surface area contributed by atoms with E-state index < -0.39 is 0 Å². The van der Waals surface area contributed by atoms with Crippen molar-refractivity contribution in [3.8, 4) is 5.75 Å². The molecule has 1 saturated carbocycles. The second-order valence-electron chi connectivity index (χ2n) is 9.06. The lowest BCUT2D eigenvalue weighted by atomic mass is 9.74. The fraction of sp³-hybridized carbons (Fsp3) is 0.500. The van der Waals surface area contributed by atoms with Gasteiger partial charge in [-0.15, -0.1) is 0 Å². The van der Waals surface area contributed by atoms with Gasteiger partial charge in [-0.2, -0.15) is 0 Å². The summed E-state index contributed by atoms with van der Waals surface area (Å²) in [5.74, 6) is 2.72. The first-order chi connectivity index (χ1) is 14.5. The summed E-state index contributed by atoms with van der Waals surface area (Å²) in [7, 11) is 0. The smallest absolute Gasteiger partial charge is 0.159 e. The van der Waals surface area contributed by atoms with Gasteiger partial charge in [-0.1, -0.05) is 44.4 Å². The highest BCUT2D eigenvalue weighted by atomic mass is 35.5. The highest BCUT2D eigenvalue weighted by molar-refractivity contribution is 6.30. The Balaban J connectivity index is 1.69. The van der Waals surface area contributed by atoms with Crippen LogP contribution in [-0.4, -0.2) is 25.5 Å². The first kappa shape index (κ1) is 21.2. The van der Waals surface area contributed by atoms with Crippen LogP contribution in [0.2, 0.25) is 5.02 Å². The number of halogens is 1. The monoisotopic (exact) mass is 425 g/mol. The summed E-state index contributed by atoms with van der Waals surface area (Å²) in [5.41, 5.74) is 4.48. The lowest BCUT2D eigenvalue weighted by Crippen LogP contribution is -2.39. The average molecular weight is 426 g/mol. The van der Waals surface area contributed by atoms with E-state index in [2.05, 4.69) is 30.9 Å². The molecule has 1 heterocycles. The Bertz CT molecular complexity index is 925. The number of nitrogens with zero attached hydrogens (tertiary/aromatic N) is 1. The number of fused-ring (bicyclic) bond motifs is 1. The summed E-state index contributed by atoms with van der Waals surface area (Å²) in [6, 6.07) is 12.2. The molecule has 0 amide bonds. The fourth-order valence-corrected chi connectivity index (χ4v) is 5.02. The minimum absolute atomic E-state index is 0.0958. The van der Waals surface area contributed by atoms with Gasteiger partial charge in [0.15, 0.2) is 5.78 Å². The van der Waals surface area contributed by atoms with E-state index in [9.17, 15) is 4.79 Å². The van der Waals surface area contributed by atoms with Gasteiger partial charge in [0, 0.05) is 29.6 Å². The quantitative estimate of drug-likeness (QED) is 0.493. The Hall–Kier alpha value is -2.00. The Morgan fingerprint density at radius 3 is 2.70 bits per heavy atom. The lowest BCUT2D eigenvalue weighted by molar-refractivity contribution is 0.101. The molecule has 0 saturated heterocycles. The predicted molar refractivity (Wildman–Crippen MR) is 124 cm³/mol. The molecule has 1 aliphatic carbocycles. The summed E-state index contributed by atoms with van der Waals surface area (Å²) >= 11 is 6.31. The van der Waals surface area contributed by atoms with Crippen molar-refractivity contribution in [2.24, 2.45) is 11.8 Å². The van der Waals surface area contributed by atoms with E-state index in [0.29, 0.717) is 12.5 Å². The van der Waals surface area contributed by atoms with Crippen LogP contribution in [0.4, 0.5) is 5.69 Å². The van der Waals surface area contributed by atoms with E-state index >= 15 is 0 Å². The molecule has 160 valence electrons. The zero-order valence-electron chi connectivity index (χ0n) is 18.3. The number of aryl methyl sites for hydroxylation is 1. The molecular weight excluding hydrogens is 394 g/mol. The molecule has 30 heavy (non-hydrogen) atoms. The van der Waals surface area contributed by atoms with Crippen LogP contribution >= 0.6 is 11.6 Å². The average Bonchev–Trinajstić information content (AvgIpc) is 2.90. The third-order valence-corrected chi connectivity index (χ3v) is 7.14. The molecule has 3 atom stereocenters. The van der Waals surface area contributed by atoms with Crippen molar-refractivity contribution in [2.45, 2.75) is 52.4 Å². The number of hydrogen-bond acceptors (Lipinski definition) is 3. The maximum absolute atomic E-state index is 12.0. The molecule has 0 spiro atoms. The van der Waals surface area contributed by atoms with Gasteiger partial charge in [0.2, 0.25) is 0 Å². The highest BCUT2D eigenvalue weighted by Crippen LogP contribution is 2.40. The van der Waals surface area contributed by atoms with Gasteiger partial charge in [-0.05, 0) is 73.1 Å². The van der Waals surface area contributed by atoms with Gasteiger partial charge in [-0.25, -0.2) is 0 Å². The summed E-state index contributed by atoms with van der Waals surface area (Å²) in [4.78, 5) is 14.5. The van der Waals surface area contributed by atoms with Crippen LogP contribution in [0, 0.1) is 11.8 Å². The van der Waals surface area contributed by atoms with Crippen LogP contribution in [0.5, 0.6) is 5.75 Å². The standard InChI is InChI=1S/C26H32ClNO2/c1-4-5-20-12-23(27)9-10-24(20)22-15-28(14-21-7-6-17(21)2)25-13-19(18(3)29)8-11-26(25)30-16-22/h8-13,17,21-22H,4-7,14-16H2,1-3H3. The second-order valence-corrected chi connectivity index (χ2v) is 9.50. The third-order valence-electron chi connectivity index (χ3n) is 6.90. The molecule has 0 bridgehead atoms. The second kappa shape index (κ2) is 9.01. The fourth-order valence-electron chi connectivity index (χ4n) is 4.82. The molecule has 1 fully saturated rings. The van der Waals surface area contributed by atoms with Gasteiger partial charge >= 0.3 is 0 Å². The maximum atomic E-state index is 12.0. The van der Waals surface area contributed by atoms with Gasteiger partial charge in [0.1, 0.15) is 5.75 Å². The Morgan fingerprint density at radius 2 is 2.03 bits per heavy atom. The zero-order chi connectivity index (χ0) is 21.3. The van der Waals surface area contributed by atoms with Crippen LogP contribution < -0.4 is 9.64 Å². The molecule has 1 aliphatic heterocycles. The van der Waals surface area contributed by atoms with Crippen molar-refractivity contribution in [2.75, 3.05) is 24.6 Å². The number of carbonyl (C=O) groups excluding carboxylic acids is 1. The molecule has 0 aromatic heterocycles. The Kier molecular flexibility index (Phi) is 6.38. The molecule has 3 nitrogen and oxygen atoms in total. The highest BCUT2D eigenvalue weighted by Gasteiger charge is 2.32. The van der Waals surface area contributed by atoms with Gasteiger partial charge < -0.3 is 9.64 Å². The van der Waals surface area contributed by atoms with Gasteiger partial charge in [0.25, 0.3) is 0 Å². The SMILES string of the molecule is CCCc1cc(Cl)ccc1C1COc2ccc(C(C)=O)cc2N(CC2CCC2C)C1. The summed E-state index contributed by atoms with van der Waals surface area (Å²) in [6.45, 7) is 8.75. The number of ether oxygens (including phenoxy) is 1. The summed E-state index contributed by atoms with van der Waals surface area (Å²) in [6.07, 6.45) is 4.71. The largest absolute Gasteiger partial charge is 0.491 e. The van der Waals surface area contributed by atoms with Crippen molar-refractivity contribution >= 4 is 23.1 Å². The normalized spacial score (nSPS) is 23.2. The number of ketones is 1. The van der Waals surface area contributed by atoms with Crippen LogP contribution in [0.1, 0.15) is 67.4 Å². The number of Topliss-reactive ketones (excluding diaryl/α,β-unsaturated/α-hetero) is 1. The molecule has 4 heteroatoms. The molecule has 4 rings (SSSR count). The minimum Gasteiger partial charge on any atom is -0.491 e. The van der Waals surface area contributed by atoms with Crippen molar-refractivity contribution in [1.82, 2.24) is 0 Å². The van der Waals surface area contributed by atoms with Crippen molar-refractivity contribution in [3.63, 3.8) is 0 Å². The predicted octanol–water partition coefficient (Wildman–Crippen LogP) is 6.52. The topological polar surface area (TPSA) is 29.5 Å². The van der Waals surface area contributed by atoms with E-state index in [4.69, 9.17) is 16.3 Å². The van der Waals surface area contributed by atoms with Crippen LogP contribution in [-0.2, 0) is 6.42 Å². The molecule has 2 aromatic carbocycles. The van der Waals surface area contributed by atoms with Crippen molar-refractivity contribution < 1.29 is 9.53 Å². The maximum Gasteiger partial charge on any atom is 0.159 e. The molecule has 3 unspecified atom stereocenters. The first-order valence-corrected chi connectivity index (χ1v) is 11.6. The number of hydrogen-bond donors (Lipinski definition) is 0. The van der Waals surface area contributed by atoms with E-state index in [-0.39, 0.29) is 11.7 Å². The van der Waals surface area contributed by atoms with Gasteiger partial charge in [-0.3, -0.25) is 4.79 Å². The number of benzene rings is 2. The number of anilines is 1. The van der Waals surface area contributed by atoms with Crippen LogP contribution in [0.15, 0.2) is 36.4 Å². The minimum atomic E-state index is 0.0958. The van der Waals surface area contributed by atoms with E-state index in [1.54, 1.807) is 6.92 Å². The Morgan fingerprint density at radius 1 is 1.20 bits per heavy atom. The van der Waals surface area contributed by atoms with Crippen molar-refractivity contribution in [3.05, 3.63) is 58.1 Å².